The summed E-state index contributed by atoms with van der Waals surface area (Å²) in [4.78, 5) is 0. The van der Waals surface area contributed by atoms with Crippen molar-refractivity contribution < 1.29 is 0 Å². The number of benzene rings is 6. The molecule has 0 heterocycles. The number of fused-ring (bicyclic) bond motifs is 6. The SMILES string of the molecule is c1ccc2c(c1)-c1cccc3c(Cc4ccc5c6c(cccc46)-c4ccccc4-5)ccc-2c13. The van der Waals surface area contributed by atoms with Gasteiger partial charge in [0.1, 0.15) is 0 Å². The Kier molecular flexibility index (Phi) is 3.27. The van der Waals surface area contributed by atoms with Crippen LogP contribution in [0.1, 0.15) is 11.1 Å². The van der Waals surface area contributed by atoms with E-state index >= 15 is 0 Å². The predicted octanol–water partition coefficient (Wildman–Crippen LogP) is 8.88. The molecule has 0 nitrogen and oxygen atoms in total. The van der Waals surface area contributed by atoms with Gasteiger partial charge in [0.25, 0.3) is 0 Å². The van der Waals surface area contributed by atoms with Gasteiger partial charge in [-0.15, -0.1) is 0 Å². The minimum atomic E-state index is 0.938. The Balaban J connectivity index is 1.34. The molecule has 152 valence electrons. The molecule has 0 aromatic heterocycles. The van der Waals surface area contributed by atoms with Crippen molar-refractivity contribution in [3.8, 4) is 44.5 Å². The second kappa shape index (κ2) is 6.21. The van der Waals surface area contributed by atoms with Crippen LogP contribution in [-0.4, -0.2) is 0 Å². The monoisotopic (exact) mass is 416 g/mol. The molecule has 0 radical (unpaired) electrons. The molecule has 2 aliphatic carbocycles. The first kappa shape index (κ1) is 17.4. The van der Waals surface area contributed by atoms with Crippen LogP contribution in [0.3, 0.4) is 0 Å². The van der Waals surface area contributed by atoms with Crippen LogP contribution in [0, 0.1) is 0 Å². The summed E-state index contributed by atoms with van der Waals surface area (Å²) in [6.45, 7) is 0. The second-order valence-corrected chi connectivity index (χ2v) is 9.27. The molecule has 0 saturated carbocycles. The summed E-state index contributed by atoms with van der Waals surface area (Å²) in [6, 6.07) is 40.6. The molecular weight excluding hydrogens is 396 g/mol. The van der Waals surface area contributed by atoms with E-state index in [0.717, 1.165) is 6.42 Å². The first-order valence-corrected chi connectivity index (χ1v) is 11.7. The smallest absolute Gasteiger partial charge is 0.00134 e. The van der Waals surface area contributed by atoms with Crippen molar-refractivity contribution in [3.05, 3.63) is 120 Å². The Bertz CT molecular complexity index is 1590. The summed E-state index contributed by atoms with van der Waals surface area (Å²) in [5.74, 6) is 0. The number of hydrogen-bond acceptors (Lipinski definition) is 0. The third-order valence-corrected chi connectivity index (χ3v) is 7.66. The molecular formula is C33H20. The lowest BCUT2D eigenvalue weighted by Crippen LogP contribution is -1.93. The van der Waals surface area contributed by atoms with Gasteiger partial charge < -0.3 is 0 Å². The summed E-state index contributed by atoms with van der Waals surface area (Å²) in [5, 5.41) is 5.59. The van der Waals surface area contributed by atoms with Crippen molar-refractivity contribution in [2.24, 2.45) is 0 Å². The zero-order valence-electron chi connectivity index (χ0n) is 18.1. The van der Waals surface area contributed by atoms with Gasteiger partial charge in [-0.05, 0) is 83.6 Å². The Hall–Kier alpha value is -4.16. The maximum atomic E-state index is 2.35. The summed E-state index contributed by atoms with van der Waals surface area (Å²) in [5.41, 5.74) is 13.7. The Labute approximate surface area is 192 Å². The molecule has 0 aliphatic heterocycles. The first-order valence-electron chi connectivity index (χ1n) is 11.7. The molecule has 6 aromatic carbocycles. The van der Waals surface area contributed by atoms with Crippen molar-refractivity contribution in [2.75, 3.05) is 0 Å². The lowest BCUT2D eigenvalue weighted by atomic mass is 9.91. The van der Waals surface area contributed by atoms with Gasteiger partial charge in [-0.2, -0.15) is 0 Å². The van der Waals surface area contributed by atoms with Crippen LogP contribution < -0.4 is 0 Å². The summed E-state index contributed by atoms with van der Waals surface area (Å²) in [6.07, 6.45) is 0.938. The quantitative estimate of drug-likeness (QED) is 0.264. The fourth-order valence-electron chi connectivity index (χ4n) is 6.25. The van der Waals surface area contributed by atoms with Gasteiger partial charge in [-0.3, -0.25) is 0 Å². The maximum absolute atomic E-state index is 2.35. The topological polar surface area (TPSA) is 0 Å². The van der Waals surface area contributed by atoms with Gasteiger partial charge in [0, 0.05) is 0 Å². The van der Waals surface area contributed by atoms with Gasteiger partial charge >= 0.3 is 0 Å². The molecule has 0 bridgehead atoms. The third-order valence-electron chi connectivity index (χ3n) is 7.66. The Morgan fingerprint density at radius 1 is 0.303 bits per heavy atom. The molecule has 0 heteroatoms. The molecule has 6 aromatic rings. The lowest BCUT2D eigenvalue weighted by Gasteiger charge is -2.13. The van der Waals surface area contributed by atoms with E-state index in [1.165, 1.54) is 77.2 Å². The van der Waals surface area contributed by atoms with Crippen LogP contribution >= 0.6 is 0 Å². The van der Waals surface area contributed by atoms with E-state index in [2.05, 4.69) is 109 Å². The molecule has 0 amide bonds. The van der Waals surface area contributed by atoms with Gasteiger partial charge in [0.15, 0.2) is 0 Å². The average molecular weight is 417 g/mol. The van der Waals surface area contributed by atoms with E-state index in [1.807, 2.05) is 0 Å². The van der Waals surface area contributed by atoms with E-state index < -0.39 is 0 Å². The van der Waals surface area contributed by atoms with Crippen molar-refractivity contribution in [3.63, 3.8) is 0 Å². The Morgan fingerprint density at radius 2 is 0.667 bits per heavy atom. The van der Waals surface area contributed by atoms with Crippen LogP contribution in [0.4, 0.5) is 0 Å². The predicted molar refractivity (Wildman–Crippen MR) is 140 cm³/mol. The first-order chi connectivity index (χ1) is 16.4. The van der Waals surface area contributed by atoms with Crippen molar-refractivity contribution in [1.29, 1.82) is 0 Å². The highest BCUT2D eigenvalue weighted by Crippen LogP contribution is 2.50. The largest absolute Gasteiger partial charge is 0.0616 e. The molecule has 0 unspecified atom stereocenters. The van der Waals surface area contributed by atoms with E-state index in [0.29, 0.717) is 0 Å². The summed E-state index contributed by atoms with van der Waals surface area (Å²) in [7, 11) is 0. The molecule has 0 saturated heterocycles. The minimum absolute atomic E-state index is 0.938. The molecule has 0 fully saturated rings. The van der Waals surface area contributed by atoms with Crippen molar-refractivity contribution >= 4 is 21.5 Å². The van der Waals surface area contributed by atoms with Crippen molar-refractivity contribution in [1.82, 2.24) is 0 Å². The van der Waals surface area contributed by atoms with Gasteiger partial charge in [-0.25, -0.2) is 0 Å². The molecule has 8 rings (SSSR count). The zero-order valence-corrected chi connectivity index (χ0v) is 18.1. The normalized spacial score (nSPS) is 12.4. The minimum Gasteiger partial charge on any atom is -0.0616 e. The van der Waals surface area contributed by atoms with Crippen LogP contribution in [0.5, 0.6) is 0 Å². The highest BCUT2D eigenvalue weighted by molar-refractivity contribution is 6.17. The van der Waals surface area contributed by atoms with Crippen LogP contribution in [-0.2, 0) is 6.42 Å². The molecule has 33 heavy (non-hydrogen) atoms. The molecule has 0 N–H and O–H groups in total. The van der Waals surface area contributed by atoms with Gasteiger partial charge in [-0.1, -0.05) is 109 Å². The number of hydrogen-bond donors (Lipinski definition) is 0. The van der Waals surface area contributed by atoms with E-state index in [-0.39, 0.29) is 0 Å². The molecule has 0 spiro atoms. The average Bonchev–Trinajstić information content (AvgIpc) is 3.38. The van der Waals surface area contributed by atoms with Gasteiger partial charge in [0.2, 0.25) is 0 Å². The molecule has 2 aliphatic rings. The highest BCUT2D eigenvalue weighted by atomic mass is 14.3. The fourth-order valence-corrected chi connectivity index (χ4v) is 6.25. The van der Waals surface area contributed by atoms with E-state index in [9.17, 15) is 0 Å². The summed E-state index contributed by atoms with van der Waals surface area (Å²) >= 11 is 0. The van der Waals surface area contributed by atoms with E-state index in [4.69, 9.17) is 0 Å². The van der Waals surface area contributed by atoms with Gasteiger partial charge in [0.05, 0.1) is 0 Å². The third kappa shape index (κ3) is 2.20. The lowest BCUT2D eigenvalue weighted by molar-refractivity contribution is 1.24. The Morgan fingerprint density at radius 3 is 1.09 bits per heavy atom. The highest BCUT2D eigenvalue weighted by Gasteiger charge is 2.24. The van der Waals surface area contributed by atoms with E-state index in [1.54, 1.807) is 0 Å². The molecule has 0 atom stereocenters. The van der Waals surface area contributed by atoms with Crippen LogP contribution in [0.15, 0.2) is 109 Å². The standard InChI is InChI=1S/C33H20/c1-3-9-26-24(7-1)28-13-5-11-22-20(15-17-30(26)32(22)28)19-21-16-18-31-27-10-4-2-8-25(27)29-14-6-12-23(21)33(29)31/h1-18H,19H2. The summed E-state index contributed by atoms with van der Waals surface area (Å²) < 4.78 is 0. The maximum Gasteiger partial charge on any atom is -0.00134 e. The van der Waals surface area contributed by atoms with Crippen LogP contribution in [0.25, 0.3) is 66.1 Å². The zero-order chi connectivity index (χ0) is 21.5. The second-order valence-electron chi connectivity index (χ2n) is 9.27. The number of rotatable bonds is 2. The van der Waals surface area contributed by atoms with Crippen molar-refractivity contribution in [2.45, 2.75) is 6.42 Å². The fraction of sp³-hybridized carbons (Fsp3) is 0.0303. The van der Waals surface area contributed by atoms with Crippen LogP contribution in [0.2, 0.25) is 0 Å².